The first kappa shape index (κ1) is 45.7. The fourth-order valence-electron chi connectivity index (χ4n) is 13.0. The van der Waals surface area contributed by atoms with Gasteiger partial charge in [0.05, 0.1) is 45.5 Å². The minimum atomic E-state index is -0.203. The summed E-state index contributed by atoms with van der Waals surface area (Å²) in [5.74, 6) is 0.490. The fraction of sp³-hybridized carbons (Fsp3) is 0.0811. The van der Waals surface area contributed by atoms with Gasteiger partial charge in [-0.3, -0.25) is 0 Å². The third-order valence-corrected chi connectivity index (χ3v) is 16.8. The Morgan fingerprint density at radius 1 is 0.397 bits per heavy atom. The maximum atomic E-state index is 2.48. The molecule has 4 aliphatic rings. The van der Waals surface area contributed by atoms with Crippen molar-refractivity contribution >= 4 is 96.3 Å². The lowest BCUT2D eigenvalue weighted by Gasteiger charge is -2.42. The highest BCUT2D eigenvalue weighted by atomic mass is 15.3. The van der Waals surface area contributed by atoms with Gasteiger partial charge in [-0.25, -0.2) is 0 Å². The van der Waals surface area contributed by atoms with Crippen LogP contribution < -0.4 is 19.6 Å². The molecule has 2 aliphatic carbocycles. The number of hydrogen-bond donors (Lipinski definition) is 0. The first-order valence-corrected chi connectivity index (χ1v) is 27.4. The predicted molar refractivity (Wildman–Crippen MR) is 331 cm³/mol. The number of fused-ring (bicyclic) bond motifs is 9. The Balaban J connectivity index is 0.721. The van der Waals surface area contributed by atoms with E-state index in [4.69, 9.17) is 0 Å². The molecule has 2 aliphatic heterocycles. The number of nitrogens with zero attached hydrogens (tertiary/aromatic N) is 4. The van der Waals surface area contributed by atoms with Crippen molar-refractivity contribution in [1.29, 1.82) is 0 Å². The molecule has 1 atom stereocenters. The van der Waals surface area contributed by atoms with Gasteiger partial charge in [0.2, 0.25) is 0 Å². The van der Waals surface area contributed by atoms with Gasteiger partial charge in [-0.15, -0.1) is 0 Å². The Morgan fingerprint density at radius 3 is 1.51 bits per heavy atom. The second-order valence-electron chi connectivity index (χ2n) is 21.8. The van der Waals surface area contributed by atoms with Crippen LogP contribution in [0.4, 0.5) is 62.6 Å². The zero-order chi connectivity index (χ0) is 52.1. The highest BCUT2D eigenvalue weighted by Gasteiger charge is 2.38. The first-order chi connectivity index (χ1) is 38.4. The van der Waals surface area contributed by atoms with Crippen LogP contribution in [0, 0.1) is 5.92 Å². The molecule has 2 heterocycles. The van der Waals surface area contributed by atoms with Crippen LogP contribution in [0.15, 0.2) is 261 Å². The van der Waals surface area contributed by atoms with Crippen LogP contribution in [0.25, 0.3) is 56.0 Å². The minimum absolute atomic E-state index is 0.203. The van der Waals surface area contributed by atoms with Gasteiger partial charge in [-0.05, 0) is 175 Å². The molecule has 1 unspecified atom stereocenters. The predicted octanol–water partition coefficient (Wildman–Crippen LogP) is 20.8. The summed E-state index contributed by atoms with van der Waals surface area (Å²) in [6.45, 7) is 7.09. The smallest absolute Gasteiger partial charge is 0.0703 e. The van der Waals surface area contributed by atoms with Crippen molar-refractivity contribution in [2.24, 2.45) is 5.92 Å². The lowest BCUT2D eigenvalue weighted by Crippen LogP contribution is -2.28. The van der Waals surface area contributed by atoms with E-state index >= 15 is 0 Å². The summed E-state index contributed by atoms with van der Waals surface area (Å²) in [4.78, 5) is 9.73. The molecular weight excluding hydrogens is 945 g/mol. The molecule has 4 heteroatoms. The van der Waals surface area contributed by atoms with E-state index < -0.39 is 0 Å². The molecule has 0 saturated carbocycles. The van der Waals surface area contributed by atoms with Crippen LogP contribution in [0.1, 0.15) is 49.4 Å². The third kappa shape index (κ3) is 7.28. The average molecular weight is 1000 g/mol. The average Bonchev–Trinajstić information content (AvgIpc) is 3.77. The molecule has 0 amide bonds. The lowest BCUT2D eigenvalue weighted by atomic mass is 9.81. The minimum Gasteiger partial charge on any atom is -0.310 e. The molecule has 372 valence electrons. The van der Waals surface area contributed by atoms with Crippen LogP contribution in [0.3, 0.4) is 0 Å². The van der Waals surface area contributed by atoms with Gasteiger partial charge in [0.25, 0.3) is 0 Å². The van der Waals surface area contributed by atoms with Gasteiger partial charge in [0, 0.05) is 28.2 Å². The zero-order valence-electron chi connectivity index (χ0n) is 44.0. The number of para-hydroxylation sites is 9. The number of benzene rings is 11. The highest BCUT2D eigenvalue weighted by molar-refractivity contribution is 6.06. The topological polar surface area (TPSA) is 13.0 Å². The van der Waals surface area contributed by atoms with E-state index in [1.807, 2.05) is 0 Å². The molecular formula is C74H56N4. The quantitative estimate of drug-likeness (QED) is 0.148. The molecule has 0 radical (unpaired) electrons. The van der Waals surface area contributed by atoms with Crippen molar-refractivity contribution in [3.05, 3.63) is 283 Å². The Bertz CT molecular complexity index is 4240. The highest BCUT2D eigenvalue weighted by Crippen LogP contribution is 2.57. The molecule has 0 bridgehead atoms. The summed E-state index contributed by atoms with van der Waals surface area (Å²) < 4.78 is 0. The summed E-state index contributed by atoms with van der Waals surface area (Å²) in [5.41, 5.74) is 24.1. The summed E-state index contributed by atoms with van der Waals surface area (Å²) in [6.07, 6.45) is 12.4. The van der Waals surface area contributed by atoms with Crippen molar-refractivity contribution in [2.45, 2.75) is 32.6 Å². The van der Waals surface area contributed by atoms with E-state index in [1.165, 1.54) is 100 Å². The van der Waals surface area contributed by atoms with Crippen LogP contribution in [-0.2, 0) is 5.41 Å². The van der Waals surface area contributed by atoms with Crippen molar-refractivity contribution in [3.8, 4) is 22.3 Å². The van der Waals surface area contributed by atoms with E-state index in [9.17, 15) is 0 Å². The van der Waals surface area contributed by atoms with Crippen molar-refractivity contribution in [1.82, 2.24) is 0 Å². The number of allylic oxidation sites excluding steroid dienone is 4. The standard InChI is InChI=1S/C74H56N4/c1-49-18-17-21-56(44-49)76-70-28-13-15-30-72(70)78(73-31-16-14-29-71(73)76)58-40-43-63-62-41-33-50(45-64(62)74(2,3)65(63)48-58)32-34-51-38-42-60(61-23-8-7-22-59(51)61)54-36-35-53-47-57(39-37-52(53)46-54)77-68-26-11-9-24-66(68)75(55-19-5-4-6-20-55)67-25-10-12-27-69(67)77/h4-43,45-49H,44H2,1-3H3. The summed E-state index contributed by atoms with van der Waals surface area (Å²) in [5, 5.41) is 4.89. The van der Waals surface area contributed by atoms with Gasteiger partial charge in [0.1, 0.15) is 0 Å². The zero-order valence-corrected chi connectivity index (χ0v) is 44.0. The number of hydrogen-bond acceptors (Lipinski definition) is 4. The molecule has 4 nitrogen and oxygen atoms in total. The van der Waals surface area contributed by atoms with E-state index in [0.717, 1.165) is 40.5 Å². The molecule has 78 heavy (non-hydrogen) atoms. The first-order valence-electron chi connectivity index (χ1n) is 27.4. The van der Waals surface area contributed by atoms with E-state index in [2.05, 4.69) is 307 Å². The van der Waals surface area contributed by atoms with Crippen LogP contribution in [0.2, 0.25) is 0 Å². The molecule has 11 aromatic carbocycles. The van der Waals surface area contributed by atoms with Gasteiger partial charge in [-0.2, -0.15) is 0 Å². The van der Waals surface area contributed by atoms with Crippen LogP contribution >= 0.6 is 0 Å². The molecule has 11 aromatic rings. The maximum absolute atomic E-state index is 2.48. The molecule has 15 rings (SSSR count). The van der Waals surface area contributed by atoms with Crippen molar-refractivity contribution in [2.75, 3.05) is 19.6 Å². The molecule has 0 saturated heterocycles. The second-order valence-corrected chi connectivity index (χ2v) is 21.8. The lowest BCUT2D eigenvalue weighted by molar-refractivity contribution is 0.660. The third-order valence-electron chi connectivity index (χ3n) is 16.8. The van der Waals surface area contributed by atoms with Crippen molar-refractivity contribution < 1.29 is 0 Å². The van der Waals surface area contributed by atoms with E-state index in [0.29, 0.717) is 5.92 Å². The Labute approximate surface area is 457 Å². The Morgan fingerprint density at radius 2 is 0.885 bits per heavy atom. The normalized spacial score (nSPS) is 15.7. The van der Waals surface area contributed by atoms with Gasteiger partial charge >= 0.3 is 0 Å². The van der Waals surface area contributed by atoms with E-state index in [-0.39, 0.29) is 5.41 Å². The van der Waals surface area contributed by atoms with Gasteiger partial charge in [-0.1, -0.05) is 191 Å². The summed E-state index contributed by atoms with van der Waals surface area (Å²) in [7, 11) is 0. The van der Waals surface area contributed by atoms with E-state index in [1.54, 1.807) is 0 Å². The molecule has 0 N–H and O–H groups in total. The maximum Gasteiger partial charge on any atom is 0.0703 e. The fourth-order valence-corrected chi connectivity index (χ4v) is 13.0. The molecule has 0 aromatic heterocycles. The van der Waals surface area contributed by atoms with Crippen LogP contribution in [-0.4, -0.2) is 0 Å². The second kappa shape index (κ2) is 18.0. The largest absolute Gasteiger partial charge is 0.310 e. The van der Waals surface area contributed by atoms with Gasteiger partial charge in [0.15, 0.2) is 0 Å². The Kier molecular flexibility index (Phi) is 10.6. The molecule has 0 spiro atoms. The van der Waals surface area contributed by atoms with Gasteiger partial charge < -0.3 is 19.6 Å². The molecule has 0 fully saturated rings. The van der Waals surface area contributed by atoms with Crippen LogP contribution in [0.5, 0.6) is 0 Å². The number of rotatable bonds is 7. The summed E-state index contributed by atoms with van der Waals surface area (Å²) >= 11 is 0. The monoisotopic (exact) mass is 1000 g/mol. The SMILES string of the molecule is CC1C=CC=C(N2c3ccccc3N(c3ccc4c(c3)C(C)(C)c3cc(C=Cc5ccc(-c6ccc7cc(N8c9ccccc9N(c9ccccc9)c9ccccc98)ccc7c6)c6ccccc56)ccc3-4)c3ccccc32)C1. The van der Waals surface area contributed by atoms with Crippen molar-refractivity contribution in [3.63, 3.8) is 0 Å². The summed E-state index contributed by atoms with van der Waals surface area (Å²) in [6, 6.07) is 87.3. The number of anilines is 11. The Hall–Kier alpha value is -9.64.